The number of ether oxygens (including phenoxy) is 2. The number of rotatable bonds is 2. The number of hydroxylamine groups is 2. The number of benzene rings is 1. The number of amides is 1. The Bertz CT molecular complexity index is 544. The molecule has 1 saturated heterocycles. The van der Waals surface area contributed by atoms with Crippen molar-refractivity contribution in [1.82, 2.24) is 5.06 Å². The van der Waals surface area contributed by atoms with E-state index in [4.69, 9.17) is 25.9 Å². The highest BCUT2D eigenvalue weighted by Crippen LogP contribution is 2.38. The van der Waals surface area contributed by atoms with Crippen LogP contribution in [0.3, 0.4) is 0 Å². The summed E-state index contributed by atoms with van der Waals surface area (Å²) in [6.07, 6.45) is 0. The van der Waals surface area contributed by atoms with Gasteiger partial charge in [-0.1, -0.05) is 11.6 Å². The van der Waals surface area contributed by atoms with Crippen molar-refractivity contribution in [3.05, 3.63) is 22.7 Å². The Morgan fingerprint density at radius 2 is 2.00 bits per heavy atom. The number of carbonyl (C=O) groups is 1. The number of carbonyl (C=O) groups excluding carboxylic acids is 1. The van der Waals surface area contributed by atoms with Gasteiger partial charge in [0.15, 0.2) is 11.5 Å². The quantitative estimate of drug-likeness (QED) is 0.836. The van der Waals surface area contributed by atoms with Crippen LogP contribution >= 0.6 is 11.6 Å². The zero-order valence-corrected chi connectivity index (χ0v) is 11.5. The van der Waals surface area contributed by atoms with Crippen LogP contribution in [0, 0.1) is 5.41 Å². The molecule has 0 saturated carbocycles. The van der Waals surface area contributed by atoms with Crippen molar-refractivity contribution in [3.63, 3.8) is 0 Å². The molecule has 2 aliphatic heterocycles. The Morgan fingerprint density at radius 3 is 2.63 bits per heavy atom. The molecule has 0 spiro atoms. The van der Waals surface area contributed by atoms with Crippen LogP contribution in [0.15, 0.2) is 12.1 Å². The smallest absolute Gasteiger partial charge is 0.254 e. The van der Waals surface area contributed by atoms with Crippen LogP contribution in [0.1, 0.15) is 19.4 Å². The molecule has 0 N–H and O–H groups in total. The van der Waals surface area contributed by atoms with Gasteiger partial charge in [0.2, 0.25) is 6.79 Å². The molecule has 3 rings (SSSR count). The molecule has 102 valence electrons. The lowest BCUT2D eigenvalue weighted by Crippen LogP contribution is -2.30. The van der Waals surface area contributed by atoms with E-state index in [-0.39, 0.29) is 12.7 Å². The maximum atomic E-state index is 12.1. The second kappa shape index (κ2) is 4.28. The van der Waals surface area contributed by atoms with Crippen LogP contribution in [0.5, 0.6) is 11.5 Å². The largest absolute Gasteiger partial charge is 0.454 e. The normalized spacial score (nSPS) is 20.2. The van der Waals surface area contributed by atoms with Crippen molar-refractivity contribution in [2.45, 2.75) is 20.4 Å². The Balaban J connectivity index is 1.83. The molecule has 0 aliphatic carbocycles. The van der Waals surface area contributed by atoms with Crippen molar-refractivity contribution in [2.24, 2.45) is 5.41 Å². The van der Waals surface area contributed by atoms with Gasteiger partial charge in [-0.2, -0.15) is 0 Å². The van der Waals surface area contributed by atoms with Gasteiger partial charge in [0, 0.05) is 11.1 Å². The van der Waals surface area contributed by atoms with E-state index < -0.39 is 5.41 Å². The molecule has 1 amide bonds. The molecule has 19 heavy (non-hydrogen) atoms. The predicted octanol–water partition coefficient (Wildman–Crippen LogP) is 2.37. The number of hydrogen-bond donors (Lipinski definition) is 0. The average Bonchev–Trinajstić information content (AvgIpc) is 2.89. The molecule has 2 aliphatic rings. The lowest BCUT2D eigenvalue weighted by Gasteiger charge is -2.17. The number of halogens is 1. The van der Waals surface area contributed by atoms with E-state index in [2.05, 4.69) is 0 Å². The minimum absolute atomic E-state index is 0.0405. The highest BCUT2D eigenvalue weighted by atomic mass is 35.5. The summed E-state index contributed by atoms with van der Waals surface area (Å²) in [5, 5.41) is 1.88. The summed E-state index contributed by atoms with van der Waals surface area (Å²) in [7, 11) is 0. The number of fused-ring (bicyclic) bond motifs is 1. The van der Waals surface area contributed by atoms with Crippen LogP contribution in [0.4, 0.5) is 0 Å². The Morgan fingerprint density at radius 1 is 1.32 bits per heavy atom. The predicted molar refractivity (Wildman–Crippen MR) is 67.9 cm³/mol. The SMILES string of the molecule is CC1(C)CON(Cc2cc3c(cc2Cl)OCO3)C1=O. The van der Waals surface area contributed by atoms with Crippen LogP contribution in [-0.4, -0.2) is 24.4 Å². The molecule has 0 atom stereocenters. The molecule has 6 heteroatoms. The van der Waals surface area contributed by atoms with Gasteiger partial charge >= 0.3 is 0 Å². The summed E-state index contributed by atoms with van der Waals surface area (Å²) in [5.41, 5.74) is 0.292. The van der Waals surface area contributed by atoms with E-state index in [1.54, 1.807) is 12.1 Å². The first-order chi connectivity index (χ1) is 8.97. The van der Waals surface area contributed by atoms with Crippen molar-refractivity contribution >= 4 is 17.5 Å². The van der Waals surface area contributed by atoms with E-state index in [1.165, 1.54) is 5.06 Å². The van der Waals surface area contributed by atoms with Gasteiger partial charge in [-0.15, -0.1) is 0 Å². The van der Waals surface area contributed by atoms with E-state index >= 15 is 0 Å². The molecule has 5 nitrogen and oxygen atoms in total. The molecule has 2 heterocycles. The maximum absolute atomic E-state index is 12.1. The lowest BCUT2D eigenvalue weighted by molar-refractivity contribution is -0.165. The van der Waals surface area contributed by atoms with Crippen LogP contribution in [-0.2, 0) is 16.2 Å². The van der Waals surface area contributed by atoms with Gasteiger partial charge in [-0.05, 0) is 25.5 Å². The Labute approximate surface area is 115 Å². The number of hydrogen-bond acceptors (Lipinski definition) is 4. The minimum Gasteiger partial charge on any atom is -0.454 e. The third-order valence-electron chi connectivity index (χ3n) is 3.24. The summed E-state index contributed by atoms with van der Waals surface area (Å²) >= 11 is 6.18. The third kappa shape index (κ3) is 2.13. The fourth-order valence-corrected chi connectivity index (χ4v) is 2.26. The van der Waals surface area contributed by atoms with Crippen LogP contribution in [0.25, 0.3) is 0 Å². The third-order valence-corrected chi connectivity index (χ3v) is 3.59. The molecule has 1 fully saturated rings. The van der Waals surface area contributed by atoms with Crippen LogP contribution in [0.2, 0.25) is 5.02 Å². The van der Waals surface area contributed by atoms with Gasteiger partial charge < -0.3 is 9.47 Å². The molecule has 1 aromatic rings. The van der Waals surface area contributed by atoms with E-state index in [0.717, 1.165) is 5.56 Å². The molecule has 0 unspecified atom stereocenters. The Hall–Kier alpha value is -1.46. The van der Waals surface area contributed by atoms with Crippen molar-refractivity contribution in [1.29, 1.82) is 0 Å². The zero-order valence-electron chi connectivity index (χ0n) is 10.7. The lowest BCUT2D eigenvalue weighted by atomic mass is 9.95. The minimum atomic E-state index is -0.483. The maximum Gasteiger partial charge on any atom is 0.254 e. The molecular formula is C13H14ClNO4. The van der Waals surface area contributed by atoms with Gasteiger partial charge in [-0.25, -0.2) is 5.06 Å². The fraction of sp³-hybridized carbons (Fsp3) is 0.462. The van der Waals surface area contributed by atoms with Gasteiger partial charge in [0.25, 0.3) is 5.91 Å². The molecular weight excluding hydrogens is 270 g/mol. The van der Waals surface area contributed by atoms with E-state index in [0.29, 0.717) is 29.7 Å². The first-order valence-electron chi connectivity index (χ1n) is 6.00. The summed E-state index contributed by atoms with van der Waals surface area (Å²) < 4.78 is 10.5. The number of nitrogens with zero attached hydrogens (tertiary/aromatic N) is 1. The molecule has 0 radical (unpaired) electrons. The average molecular weight is 284 g/mol. The van der Waals surface area contributed by atoms with Crippen molar-refractivity contribution in [2.75, 3.05) is 13.4 Å². The second-order valence-corrected chi connectivity index (χ2v) is 5.70. The summed E-state index contributed by atoms with van der Waals surface area (Å²) in [6.45, 7) is 4.60. The summed E-state index contributed by atoms with van der Waals surface area (Å²) in [6, 6.07) is 3.48. The topological polar surface area (TPSA) is 48.0 Å². The van der Waals surface area contributed by atoms with Crippen molar-refractivity contribution < 1.29 is 19.1 Å². The Kier molecular flexibility index (Phi) is 2.83. The summed E-state index contributed by atoms with van der Waals surface area (Å²) in [5.74, 6) is 1.23. The highest BCUT2D eigenvalue weighted by Gasteiger charge is 2.40. The van der Waals surface area contributed by atoms with Gasteiger partial charge in [0.1, 0.15) is 0 Å². The van der Waals surface area contributed by atoms with E-state index in [9.17, 15) is 4.79 Å². The molecule has 0 aromatic heterocycles. The monoisotopic (exact) mass is 283 g/mol. The van der Waals surface area contributed by atoms with Crippen molar-refractivity contribution in [3.8, 4) is 11.5 Å². The highest BCUT2D eigenvalue weighted by molar-refractivity contribution is 6.31. The van der Waals surface area contributed by atoms with Crippen LogP contribution < -0.4 is 9.47 Å². The fourth-order valence-electron chi connectivity index (χ4n) is 2.05. The van der Waals surface area contributed by atoms with E-state index in [1.807, 2.05) is 13.8 Å². The molecule has 0 bridgehead atoms. The van der Waals surface area contributed by atoms with Gasteiger partial charge in [-0.3, -0.25) is 9.63 Å². The first kappa shape index (κ1) is 12.6. The second-order valence-electron chi connectivity index (χ2n) is 5.30. The molecule has 1 aromatic carbocycles. The first-order valence-corrected chi connectivity index (χ1v) is 6.38. The van der Waals surface area contributed by atoms with Gasteiger partial charge in [0.05, 0.1) is 18.6 Å². The zero-order chi connectivity index (χ0) is 13.6. The summed E-state index contributed by atoms with van der Waals surface area (Å²) in [4.78, 5) is 17.5. The standard InChI is InChI=1S/C13H14ClNO4/c1-13(2)6-19-15(12(13)16)5-8-3-10-11(4-9(8)14)18-7-17-10/h3-4H,5-7H2,1-2H3.